The quantitative estimate of drug-likeness (QED) is 0.177. The van der Waals surface area contributed by atoms with Crippen LogP contribution in [-0.2, 0) is 18.8 Å². The molecule has 6 nitrogen and oxygen atoms in total. The largest absolute Gasteiger partial charge is 0.636 e. The van der Waals surface area contributed by atoms with E-state index in [0.29, 0.717) is 0 Å². The monoisotopic (exact) mass is 539 g/mol. The Morgan fingerprint density at radius 3 is 1.54 bits per heavy atom. The number of nitrogens with zero attached hydrogens (tertiary/aromatic N) is 1. The van der Waals surface area contributed by atoms with Crippen LogP contribution in [0.2, 0.25) is 0 Å². The smallest absolute Gasteiger partial charge is 0.402 e. The summed E-state index contributed by atoms with van der Waals surface area (Å²) in [5.41, 5.74) is 2.18. The summed E-state index contributed by atoms with van der Waals surface area (Å²) in [5.74, 6) is 0. The normalized spacial score (nSPS) is 20.4. The molecule has 0 amide bonds. The van der Waals surface area contributed by atoms with Crippen molar-refractivity contribution in [3.8, 4) is 0 Å². The molecular weight excluding hydrogens is 489 g/mol. The van der Waals surface area contributed by atoms with Gasteiger partial charge in [0.2, 0.25) is 0 Å². The molecule has 0 aliphatic carbocycles. The lowest BCUT2D eigenvalue weighted by Gasteiger charge is -2.45. The fourth-order valence-electron chi connectivity index (χ4n) is 5.80. The molecule has 0 radical (unpaired) electrons. The molecule has 4 atom stereocenters. The maximum atomic E-state index is 10.4. The van der Waals surface area contributed by atoms with Crippen LogP contribution in [0.25, 0.3) is 0 Å². The van der Waals surface area contributed by atoms with Gasteiger partial charge in [-0.05, 0) is 24.1 Å². The van der Waals surface area contributed by atoms with Gasteiger partial charge in [-0.15, -0.1) is 0 Å². The van der Waals surface area contributed by atoms with Crippen molar-refractivity contribution in [2.24, 2.45) is 0 Å². The first kappa shape index (κ1) is 31.8. The Morgan fingerprint density at radius 1 is 0.718 bits per heavy atom. The van der Waals surface area contributed by atoms with Gasteiger partial charge in [-0.2, -0.15) is 0 Å². The fraction of sp³-hybridized carbons (Fsp3) is 0.625. The van der Waals surface area contributed by atoms with E-state index in [1.165, 1.54) is 57.8 Å². The lowest BCUT2D eigenvalue weighted by atomic mass is 9.93. The number of benzene rings is 2. The van der Waals surface area contributed by atoms with Gasteiger partial charge in [-0.1, -0.05) is 125 Å². The molecule has 3 rings (SSSR count). The molecule has 0 bridgehead atoms. The Labute approximate surface area is 237 Å². The van der Waals surface area contributed by atoms with E-state index in [1.807, 2.05) is 36.4 Å². The summed E-state index contributed by atoms with van der Waals surface area (Å²) >= 11 is 0. The summed E-state index contributed by atoms with van der Waals surface area (Å²) < 4.78 is 23.8. The molecule has 0 saturated carbocycles. The standard InChI is InChI=1S/C32H50BNO5/c1-4-5-6-7-8-9-10-11-12-19-24-34-29(31(36-2)27-20-15-13-16-21-27)25-38-33(35)39-26-30(34)32(37-3)28-22-17-14-18-23-28/h13-18,20-23,29-32,35H,4-12,19,24-26H2,1-3H3. The van der Waals surface area contributed by atoms with Crippen molar-refractivity contribution in [2.45, 2.75) is 95.4 Å². The van der Waals surface area contributed by atoms with Gasteiger partial charge in [0.25, 0.3) is 0 Å². The third kappa shape index (κ3) is 10.3. The van der Waals surface area contributed by atoms with Gasteiger partial charge >= 0.3 is 7.32 Å². The Balaban J connectivity index is 1.77. The predicted molar refractivity (Wildman–Crippen MR) is 158 cm³/mol. The van der Waals surface area contributed by atoms with E-state index in [0.717, 1.165) is 24.1 Å². The molecule has 1 heterocycles. The molecule has 4 unspecified atom stereocenters. The summed E-state index contributed by atoms with van der Waals surface area (Å²) in [6.45, 7) is 3.71. The van der Waals surface area contributed by atoms with Crippen molar-refractivity contribution >= 4 is 7.32 Å². The van der Waals surface area contributed by atoms with Crippen molar-refractivity contribution in [1.82, 2.24) is 4.90 Å². The number of hydrogen-bond donors (Lipinski definition) is 1. The van der Waals surface area contributed by atoms with Crippen molar-refractivity contribution in [2.75, 3.05) is 34.0 Å². The van der Waals surface area contributed by atoms with Crippen LogP contribution in [0.5, 0.6) is 0 Å². The minimum absolute atomic E-state index is 0.124. The number of ether oxygens (including phenoxy) is 2. The summed E-state index contributed by atoms with van der Waals surface area (Å²) in [7, 11) is 2.22. The van der Waals surface area contributed by atoms with Crippen LogP contribution >= 0.6 is 0 Å². The molecule has 1 aliphatic heterocycles. The van der Waals surface area contributed by atoms with Crippen molar-refractivity contribution in [1.29, 1.82) is 0 Å². The van der Waals surface area contributed by atoms with Crippen molar-refractivity contribution in [3.63, 3.8) is 0 Å². The first-order valence-electron chi connectivity index (χ1n) is 15.0. The van der Waals surface area contributed by atoms with Gasteiger partial charge in [-0.25, -0.2) is 0 Å². The highest BCUT2D eigenvalue weighted by Crippen LogP contribution is 2.33. The predicted octanol–water partition coefficient (Wildman–Crippen LogP) is 6.75. The summed E-state index contributed by atoms with van der Waals surface area (Å²) in [5, 5.41) is 10.4. The number of hydrogen-bond acceptors (Lipinski definition) is 6. The van der Waals surface area contributed by atoms with E-state index in [-0.39, 0.29) is 37.5 Å². The summed E-state index contributed by atoms with van der Waals surface area (Å²) in [6, 6.07) is 20.3. The summed E-state index contributed by atoms with van der Waals surface area (Å²) in [6.07, 6.45) is 12.4. The first-order chi connectivity index (χ1) is 19.2. The van der Waals surface area contributed by atoms with E-state index < -0.39 is 7.32 Å². The maximum Gasteiger partial charge on any atom is 0.636 e. The van der Waals surface area contributed by atoms with E-state index in [4.69, 9.17) is 18.8 Å². The summed E-state index contributed by atoms with van der Waals surface area (Å²) in [4.78, 5) is 2.46. The molecule has 1 N–H and O–H groups in total. The molecule has 0 spiro atoms. The lowest BCUT2D eigenvalue weighted by Crippen LogP contribution is -2.56. The van der Waals surface area contributed by atoms with Crippen LogP contribution in [0.4, 0.5) is 0 Å². The zero-order valence-corrected chi connectivity index (χ0v) is 24.4. The molecule has 39 heavy (non-hydrogen) atoms. The maximum absolute atomic E-state index is 10.4. The van der Waals surface area contributed by atoms with Crippen LogP contribution in [0, 0.1) is 0 Å². The highest BCUT2D eigenvalue weighted by molar-refractivity contribution is 6.34. The highest BCUT2D eigenvalue weighted by atomic mass is 16.7. The second kappa shape index (κ2) is 18.6. The Kier molecular flexibility index (Phi) is 15.1. The lowest BCUT2D eigenvalue weighted by molar-refractivity contribution is -0.0960. The van der Waals surface area contributed by atoms with Crippen LogP contribution in [0.1, 0.15) is 94.5 Å². The van der Waals surface area contributed by atoms with E-state index in [2.05, 4.69) is 36.1 Å². The molecule has 216 valence electrons. The van der Waals surface area contributed by atoms with E-state index >= 15 is 0 Å². The third-order valence-electron chi connectivity index (χ3n) is 7.90. The topological polar surface area (TPSA) is 60.4 Å². The van der Waals surface area contributed by atoms with Crippen molar-refractivity contribution in [3.05, 3.63) is 71.8 Å². The Morgan fingerprint density at radius 2 is 1.13 bits per heavy atom. The first-order valence-corrected chi connectivity index (χ1v) is 15.0. The van der Waals surface area contributed by atoms with Gasteiger partial charge in [0.15, 0.2) is 0 Å². The molecule has 1 fully saturated rings. The van der Waals surface area contributed by atoms with Crippen LogP contribution in [0.3, 0.4) is 0 Å². The van der Waals surface area contributed by atoms with Gasteiger partial charge in [-0.3, -0.25) is 4.90 Å². The van der Waals surface area contributed by atoms with Gasteiger partial charge in [0.1, 0.15) is 0 Å². The average Bonchev–Trinajstić information content (AvgIpc) is 2.97. The average molecular weight is 540 g/mol. The second-order valence-electron chi connectivity index (χ2n) is 10.7. The molecule has 2 aromatic carbocycles. The number of unbranched alkanes of at least 4 members (excludes halogenated alkanes) is 9. The van der Waals surface area contributed by atoms with Crippen LogP contribution < -0.4 is 0 Å². The second-order valence-corrected chi connectivity index (χ2v) is 10.7. The van der Waals surface area contributed by atoms with Crippen LogP contribution in [-0.4, -0.2) is 63.3 Å². The van der Waals surface area contributed by atoms with E-state index in [1.54, 1.807) is 14.2 Å². The third-order valence-corrected chi connectivity index (χ3v) is 7.90. The molecule has 2 aromatic rings. The molecule has 1 saturated heterocycles. The van der Waals surface area contributed by atoms with Gasteiger partial charge in [0.05, 0.1) is 37.5 Å². The molecule has 1 aliphatic rings. The van der Waals surface area contributed by atoms with Gasteiger partial charge in [0, 0.05) is 14.2 Å². The molecule has 0 aromatic heterocycles. The van der Waals surface area contributed by atoms with E-state index in [9.17, 15) is 5.02 Å². The molecular formula is C32H50BNO5. The highest BCUT2D eigenvalue weighted by Gasteiger charge is 2.41. The Bertz CT molecular complexity index is 814. The Hall–Kier alpha value is -1.74. The zero-order valence-electron chi connectivity index (χ0n) is 24.4. The number of rotatable bonds is 17. The number of methoxy groups -OCH3 is 2. The minimum Gasteiger partial charge on any atom is -0.402 e. The fourth-order valence-corrected chi connectivity index (χ4v) is 5.80. The van der Waals surface area contributed by atoms with Gasteiger partial charge < -0.3 is 23.8 Å². The SMILES string of the molecule is CCCCCCCCCCCCN1C(C(OC)c2ccccc2)COB(O)OCC1C(OC)c1ccccc1. The minimum atomic E-state index is -1.28. The molecule has 7 heteroatoms. The van der Waals surface area contributed by atoms with Crippen molar-refractivity contribution < 1.29 is 23.8 Å². The zero-order chi connectivity index (χ0) is 27.7. The van der Waals surface area contributed by atoms with Crippen LogP contribution in [0.15, 0.2) is 60.7 Å².